The van der Waals surface area contributed by atoms with Gasteiger partial charge in [0.15, 0.2) is 0 Å². The number of carboxylic acids is 1. The van der Waals surface area contributed by atoms with Crippen LogP contribution in [0.2, 0.25) is 0 Å². The standard InChI is InChI=1S/C12H16N2O2/c1-3-7-14(8-4-2)10-5-6-13-11(9-10)12(15)16/h3,5-6,9H,1,4,7-8H2,2H3,(H,15,16). The first-order valence-electron chi connectivity index (χ1n) is 5.24. The van der Waals surface area contributed by atoms with E-state index in [1.807, 2.05) is 6.07 Å². The molecule has 0 atom stereocenters. The summed E-state index contributed by atoms with van der Waals surface area (Å²) in [4.78, 5) is 16.7. The lowest BCUT2D eigenvalue weighted by Crippen LogP contribution is -2.24. The lowest BCUT2D eigenvalue weighted by molar-refractivity contribution is 0.0690. The van der Waals surface area contributed by atoms with Crippen LogP contribution >= 0.6 is 0 Å². The van der Waals surface area contributed by atoms with Crippen LogP contribution in [0.3, 0.4) is 0 Å². The zero-order chi connectivity index (χ0) is 12.0. The fourth-order valence-corrected chi connectivity index (χ4v) is 1.48. The van der Waals surface area contributed by atoms with E-state index < -0.39 is 5.97 Å². The fourth-order valence-electron chi connectivity index (χ4n) is 1.48. The number of carbonyl (C=O) groups is 1. The molecule has 1 rings (SSSR count). The summed E-state index contributed by atoms with van der Waals surface area (Å²) in [5.74, 6) is -1.00. The van der Waals surface area contributed by atoms with Gasteiger partial charge in [-0.3, -0.25) is 0 Å². The Hall–Kier alpha value is -1.84. The number of pyridine rings is 1. The predicted molar refractivity (Wildman–Crippen MR) is 63.9 cm³/mol. The number of aromatic nitrogens is 1. The summed E-state index contributed by atoms with van der Waals surface area (Å²) in [6.45, 7) is 7.35. The van der Waals surface area contributed by atoms with Crippen LogP contribution in [0.4, 0.5) is 5.69 Å². The SMILES string of the molecule is C=CCN(CCC)c1ccnc(C(=O)O)c1. The molecule has 1 N–H and O–H groups in total. The third-order valence-electron chi connectivity index (χ3n) is 2.17. The van der Waals surface area contributed by atoms with Crippen LogP contribution in [-0.2, 0) is 0 Å². The van der Waals surface area contributed by atoms with Crippen LogP contribution < -0.4 is 4.90 Å². The van der Waals surface area contributed by atoms with Crippen LogP contribution in [0.1, 0.15) is 23.8 Å². The summed E-state index contributed by atoms with van der Waals surface area (Å²) in [5, 5.41) is 8.85. The normalized spacial score (nSPS) is 9.81. The van der Waals surface area contributed by atoms with Gasteiger partial charge in [0.1, 0.15) is 5.69 Å². The number of hydrogen-bond acceptors (Lipinski definition) is 3. The van der Waals surface area contributed by atoms with E-state index in [4.69, 9.17) is 5.11 Å². The minimum absolute atomic E-state index is 0.0719. The van der Waals surface area contributed by atoms with E-state index in [0.29, 0.717) is 6.54 Å². The van der Waals surface area contributed by atoms with E-state index in [1.54, 1.807) is 12.1 Å². The first-order valence-corrected chi connectivity index (χ1v) is 5.24. The van der Waals surface area contributed by atoms with Crippen molar-refractivity contribution >= 4 is 11.7 Å². The quantitative estimate of drug-likeness (QED) is 0.746. The second kappa shape index (κ2) is 5.90. The Morgan fingerprint density at radius 3 is 3.00 bits per heavy atom. The van der Waals surface area contributed by atoms with Gasteiger partial charge in [-0.25, -0.2) is 9.78 Å². The highest BCUT2D eigenvalue weighted by Crippen LogP contribution is 2.14. The van der Waals surface area contributed by atoms with Crippen molar-refractivity contribution in [3.05, 3.63) is 36.7 Å². The molecule has 0 amide bonds. The molecule has 16 heavy (non-hydrogen) atoms. The number of nitrogens with zero attached hydrogens (tertiary/aromatic N) is 2. The molecule has 0 aliphatic carbocycles. The zero-order valence-electron chi connectivity index (χ0n) is 9.39. The average molecular weight is 220 g/mol. The monoisotopic (exact) mass is 220 g/mol. The summed E-state index contributed by atoms with van der Waals surface area (Å²) in [5.41, 5.74) is 0.941. The molecule has 0 saturated heterocycles. The second-order valence-corrected chi connectivity index (χ2v) is 3.44. The van der Waals surface area contributed by atoms with Crippen molar-refractivity contribution in [3.8, 4) is 0 Å². The first-order chi connectivity index (χ1) is 7.69. The van der Waals surface area contributed by atoms with Crippen molar-refractivity contribution in [3.63, 3.8) is 0 Å². The Labute approximate surface area is 95.2 Å². The second-order valence-electron chi connectivity index (χ2n) is 3.44. The fraction of sp³-hybridized carbons (Fsp3) is 0.333. The molecule has 0 radical (unpaired) electrons. The highest BCUT2D eigenvalue weighted by atomic mass is 16.4. The minimum Gasteiger partial charge on any atom is -0.477 e. The van der Waals surface area contributed by atoms with Crippen LogP contribution in [0, 0.1) is 0 Å². The molecule has 1 aromatic rings. The van der Waals surface area contributed by atoms with Crippen molar-refractivity contribution in [1.82, 2.24) is 4.98 Å². The molecule has 0 aliphatic rings. The zero-order valence-corrected chi connectivity index (χ0v) is 9.39. The number of aromatic carboxylic acids is 1. The van der Waals surface area contributed by atoms with Gasteiger partial charge in [-0.15, -0.1) is 6.58 Å². The van der Waals surface area contributed by atoms with Crippen LogP contribution in [0.25, 0.3) is 0 Å². The molecule has 86 valence electrons. The Bertz CT molecular complexity index is 377. The van der Waals surface area contributed by atoms with E-state index in [2.05, 4.69) is 23.4 Å². The maximum atomic E-state index is 10.8. The van der Waals surface area contributed by atoms with Gasteiger partial charge in [0.25, 0.3) is 0 Å². The van der Waals surface area contributed by atoms with Gasteiger partial charge in [0, 0.05) is 25.0 Å². The molecule has 1 aromatic heterocycles. The summed E-state index contributed by atoms with van der Waals surface area (Å²) >= 11 is 0. The highest BCUT2D eigenvalue weighted by Gasteiger charge is 2.08. The molecule has 0 bridgehead atoms. The molecular weight excluding hydrogens is 204 g/mol. The first kappa shape index (κ1) is 12.2. The molecule has 4 heteroatoms. The van der Waals surface area contributed by atoms with Crippen molar-refractivity contribution in [1.29, 1.82) is 0 Å². The van der Waals surface area contributed by atoms with Crippen molar-refractivity contribution in [2.24, 2.45) is 0 Å². The maximum absolute atomic E-state index is 10.8. The van der Waals surface area contributed by atoms with E-state index in [9.17, 15) is 4.79 Å². The summed E-state index contributed by atoms with van der Waals surface area (Å²) in [6, 6.07) is 3.40. The van der Waals surface area contributed by atoms with Crippen LogP contribution in [-0.4, -0.2) is 29.1 Å². The van der Waals surface area contributed by atoms with Gasteiger partial charge in [0.05, 0.1) is 0 Å². The van der Waals surface area contributed by atoms with Crippen LogP contribution in [0.5, 0.6) is 0 Å². The molecule has 0 aromatic carbocycles. The molecule has 0 fully saturated rings. The van der Waals surface area contributed by atoms with Gasteiger partial charge in [-0.1, -0.05) is 13.0 Å². The molecule has 4 nitrogen and oxygen atoms in total. The molecule has 0 unspecified atom stereocenters. The average Bonchev–Trinajstić information content (AvgIpc) is 2.29. The van der Waals surface area contributed by atoms with Gasteiger partial charge < -0.3 is 10.0 Å². The minimum atomic E-state index is -1.00. The third kappa shape index (κ3) is 3.08. The molecule has 0 aliphatic heterocycles. The molecular formula is C12H16N2O2. The largest absolute Gasteiger partial charge is 0.477 e. The van der Waals surface area contributed by atoms with Crippen molar-refractivity contribution in [2.45, 2.75) is 13.3 Å². The summed E-state index contributed by atoms with van der Waals surface area (Å²) in [7, 11) is 0. The smallest absolute Gasteiger partial charge is 0.354 e. The topological polar surface area (TPSA) is 53.4 Å². The van der Waals surface area contributed by atoms with E-state index in [0.717, 1.165) is 18.7 Å². The number of anilines is 1. The van der Waals surface area contributed by atoms with Gasteiger partial charge in [-0.05, 0) is 18.6 Å². The molecule has 0 spiro atoms. The van der Waals surface area contributed by atoms with E-state index >= 15 is 0 Å². The summed E-state index contributed by atoms with van der Waals surface area (Å²) in [6.07, 6.45) is 4.32. The predicted octanol–water partition coefficient (Wildman–Crippen LogP) is 2.18. The Morgan fingerprint density at radius 1 is 1.69 bits per heavy atom. The number of rotatable bonds is 6. The lowest BCUT2D eigenvalue weighted by atomic mass is 10.2. The van der Waals surface area contributed by atoms with E-state index in [1.165, 1.54) is 6.20 Å². The number of carboxylic acid groups (broad SMARTS) is 1. The van der Waals surface area contributed by atoms with Gasteiger partial charge in [-0.2, -0.15) is 0 Å². The lowest BCUT2D eigenvalue weighted by Gasteiger charge is -2.22. The number of hydrogen-bond donors (Lipinski definition) is 1. The highest BCUT2D eigenvalue weighted by molar-refractivity contribution is 5.86. The Kier molecular flexibility index (Phi) is 4.51. The van der Waals surface area contributed by atoms with Gasteiger partial charge in [0.2, 0.25) is 0 Å². The van der Waals surface area contributed by atoms with Crippen molar-refractivity contribution in [2.75, 3.05) is 18.0 Å². The molecule has 0 saturated carbocycles. The van der Waals surface area contributed by atoms with Crippen LogP contribution in [0.15, 0.2) is 31.0 Å². The van der Waals surface area contributed by atoms with E-state index in [-0.39, 0.29) is 5.69 Å². The van der Waals surface area contributed by atoms with Gasteiger partial charge >= 0.3 is 5.97 Å². The third-order valence-corrected chi connectivity index (χ3v) is 2.17. The molecule has 1 heterocycles. The Morgan fingerprint density at radius 2 is 2.44 bits per heavy atom. The maximum Gasteiger partial charge on any atom is 0.354 e. The summed E-state index contributed by atoms with van der Waals surface area (Å²) < 4.78 is 0. The van der Waals surface area contributed by atoms with Crippen molar-refractivity contribution < 1.29 is 9.90 Å². The Balaban J connectivity index is 2.94.